The molecule has 0 bridgehead atoms. The van der Waals surface area contributed by atoms with Gasteiger partial charge in [0.25, 0.3) is 0 Å². The second kappa shape index (κ2) is 6.84. The van der Waals surface area contributed by atoms with Crippen molar-refractivity contribution in [2.45, 2.75) is 70.7 Å². The molecular formula is C18H30N2O3S. The lowest BCUT2D eigenvalue weighted by Gasteiger charge is -2.29. The summed E-state index contributed by atoms with van der Waals surface area (Å²) in [7, 11) is -3.87. The number of rotatable bonds is 6. The molecule has 1 atom stereocenters. The van der Waals surface area contributed by atoms with Crippen LogP contribution in [0, 0.1) is 12.8 Å². The van der Waals surface area contributed by atoms with E-state index in [1.54, 1.807) is 19.1 Å². The first-order valence-corrected chi connectivity index (χ1v) is 9.62. The van der Waals surface area contributed by atoms with Gasteiger partial charge in [-0.2, -0.15) is 4.72 Å². The molecule has 0 radical (unpaired) electrons. The second-order valence-corrected chi connectivity index (χ2v) is 9.78. The quantitative estimate of drug-likeness (QED) is 0.823. The minimum atomic E-state index is -3.87. The van der Waals surface area contributed by atoms with E-state index >= 15 is 0 Å². The van der Waals surface area contributed by atoms with Crippen LogP contribution in [0.3, 0.4) is 0 Å². The number of carbonyl (C=O) groups excluding carboxylic acids is 1. The maximum Gasteiger partial charge on any atom is 0.241 e. The van der Waals surface area contributed by atoms with Crippen molar-refractivity contribution in [1.29, 1.82) is 0 Å². The first-order valence-electron chi connectivity index (χ1n) is 8.14. The number of hydrogen-bond donors (Lipinski definition) is 2. The largest absolute Gasteiger partial charge is 0.368 e. The third-order valence-corrected chi connectivity index (χ3v) is 5.80. The molecule has 1 rings (SSSR count). The van der Waals surface area contributed by atoms with Crippen LogP contribution in [0.2, 0.25) is 0 Å². The topological polar surface area (TPSA) is 89.3 Å². The van der Waals surface area contributed by atoms with Crippen LogP contribution in [0.5, 0.6) is 0 Å². The molecular weight excluding hydrogens is 324 g/mol. The standard InChI is InChI=1S/C18H30N2O3S/c1-12(2)11-18(7,16(19)21)20-24(22,23)15-10-14(17(4,5)6)9-8-13(15)3/h8-10,12,20H,11H2,1-7H3,(H2,19,21). The second-order valence-electron chi connectivity index (χ2n) is 8.13. The molecule has 0 heterocycles. The van der Waals surface area contributed by atoms with E-state index in [2.05, 4.69) is 4.72 Å². The Balaban J connectivity index is 3.37. The number of amides is 1. The molecule has 0 aromatic heterocycles. The van der Waals surface area contributed by atoms with E-state index in [0.717, 1.165) is 5.56 Å². The van der Waals surface area contributed by atoms with Gasteiger partial charge >= 0.3 is 0 Å². The number of nitrogens with one attached hydrogen (secondary N) is 1. The molecule has 1 amide bonds. The predicted octanol–water partition coefficient (Wildman–Crippen LogP) is 2.86. The summed E-state index contributed by atoms with van der Waals surface area (Å²) in [5, 5.41) is 0. The van der Waals surface area contributed by atoms with Crippen LogP contribution in [-0.4, -0.2) is 19.9 Å². The van der Waals surface area contributed by atoms with Crippen molar-refractivity contribution in [3.8, 4) is 0 Å². The maximum atomic E-state index is 12.9. The predicted molar refractivity (Wildman–Crippen MR) is 97.3 cm³/mol. The summed E-state index contributed by atoms with van der Waals surface area (Å²) in [6.07, 6.45) is 0.333. The maximum absolute atomic E-state index is 12.9. The smallest absolute Gasteiger partial charge is 0.241 e. The summed E-state index contributed by atoms with van der Waals surface area (Å²) in [6.45, 7) is 13.2. The number of benzene rings is 1. The molecule has 0 aliphatic heterocycles. The van der Waals surface area contributed by atoms with Crippen molar-refractivity contribution in [1.82, 2.24) is 4.72 Å². The summed E-state index contributed by atoms with van der Waals surface area (Å²) in [4.78, 5) is 12.1. The van der Waals surface area contributed by atoms with Crippen molar-refractivity contribution < 1.29 is 13.2 Å². The third kappa shape index (κ3) is 4.80. The molecule has 136 valence electrons. The van der Waals surface area contributed by atoms with Gasteiger partial charge in [0.15, 0.2) is 0 Å². The highest BCUT2D eigenvalue weighted by Gasteiger charge is 2.37. The van der Waals surface area contributed by atoms with Gasteiger partial charge in [-0.25, -0.2) is 8.42 Å². The Morgan fingerprint density at radius 3 is 2.17 bits per heavy atom. The molecule has 0 saturated carbocycles. The van der Waals surface area contributed by atoms with E-state index in [1.165, 1.54) is 6.92 Å². The molecule has 0 fully saturated rings. The van der Waals surface area contributed by atoms with Gasteiger partial charge in [-0.05, 0) is 48.8 Å². The van der Waals surface area contributed by atoms with Gasteiger partial charge in [-0.3, -0.25) is 4.79 Å². The van der Waals surface area contributed by atoms with Crippen molar-refractivity contribution in [3.05, 3.63) is 29.3 Å². The zero-order chi connectivity index (χ0) is 18.9. The van der Waals surface area contributed by atoms with Gasteiger partial charge in [0.2, 0.25) is 15.9 Å². The van der Waals surface area contributed by atoms with Gasteiger partial charge < -0.3 is 5.73 Å². The molecule has 1 aromatic rings. The van der Waals surface area contributed by atoms with Crippen LogP contribution >= 0.6 is 0 Å². The summed E-state index contributed by atoms with van der Waals surface area (Å²) < 4.78 is 28.4. The summed E-state index contributed by atoms with van der Waals surface area (Å²) in [5.74, 6) is -0.559. The Morgan fingerprint density at radius 2 is 1.75 bits per heavy atom. The Labute approximate surface area is 146 Å². The molecule has 0 spiro atoms. The summed E-state index contributed by atoms with van der Waals surface area (Å²) in [5.41, 5.74) is 5.52. The van der Waals surface area contributed by atoms with Gasteiger partial charge in [-0.1, -0.05) is 46.8 Å². The van der Waals surface area contributed by atoms with Crippen LogP contribution < -0.4 is 10.5 Å². The number of nitrogens with two attached hydrogens (primary N) is 1. The minimum Gasteiger partial charge on any atom is -0.368 e. The molecule has 0 saturated heterocycles. The van der Waals surface area contributed by atoms with Crippen LogP contribution in [0.15, 0.2) is 23.1 Å². The third-order valence-electron chi connectivity index (χ3n) is 4.06. The molecule has 24 heavy (non-hydrogen) atoms. The van der Waals surface area contributed by atoms with E-state index in [1.807, 2.05) is 40.7 Å². The van der Waals surface area contributed by atoms with Crippen LogP contribution in [-0.2, 0) is 20.2 Å². The number of aryl methyl sites for hydroxylation is 1. The van der Waals surface area contributed by atoms with Crippen LogP contribution in [0.4, 0.5) is 0 Å². The molecule has 1 aromatic carbocycles. The van der Waals surface area contributed by atoms with E-state index in [0.29, 0.717) is 12.0 Å². The Kier molecular flexibility index (Phi) is 5.89. The van der Waals surface area contributed by atoms with Crippen molar-refractivity contribution >= 4 is 15.9 Å². The average molecular weight is 355 g/mol. The van der Waals surface area contributed by atoms with Crippen LogP contribution in [0.1, 0.15) is 59.1 Å². The Morgan fingerprint density at radius 1 is 1.21 bits per heavy atom. The van der Waals surface area contributed by atoms with Gasteiger partial charge in [-0.15, -0.1) is 0 Å². The number of sulfonamides is 1. The van der Waals surface area contributed by atoms with Crippen molar-refractivity contribution in [2.24, 2.45) is 11.7 Å². The zero-order valence-electron chi connectivity index (χ0n) is 15.7. The highest BCUT2D eigenvalue weighted by atomic mass is 32.2. The normalized spacial score (nSPS) is 15.3. The fraction of sp³-hybridized carbons (Fsp3) is 0.611. The van der Waals surface area contributed by atoms with E-state index < -0.39 is 21.5 Å². The summed E-state index contributed by atoms with van der Waals surface area (Å²) >= 11 is 0. The molecule has 3 N–H and O–H groups in total. The first-order chi connectivity index (χ1) is 10.7. The number of hydrogen-bond acceptors (Lipinski definition) is 3. The lowest BCUT2D eigenvalue weighted by Crippen LogP contribution is -2.55. The molecule has 6 heteroatoms. The fourth-order valence-corrected chi connectivity index (χ4v) is 4.38. The lowest BCUT2D eigenvalue weighted by atomic mass is 9.87. The average Bonchev–Trinajstić information content (AvgIpc) is 2.35. The first kappa shape index (κ1) is 20.6. The molecule has 0 aliphatic rings. The lowest BCUT2D eigenvalue weighted by molar-refractivity contribution is -0.123. The van der Waals surface area contributed by atoms with Crippen molar-refractivity contribution in [2.75, 3.05) is 0 Å². The number of primary amides is 1. The van der Waals surface area contributed by atoms with E-state index in [9.17, 15) is 13.2 Å². The molecule has 0 aliphatic carbocycles. The highest BCUT2D eigenvalue weighted by molar-refractivity contribution is 7.89. The monoisotopic (exact) mass is 354 g/mol. The SMILES string of the molecule is Cc1ccc(C(C)(C)C)cc1S(=O)(=O)NC(C)(CC(C)C)C(N)=O. The van der Waals surface area contributed by atoms with E-state index in [4.69, 9.17) is 5.73 Å². The molecule has 5 nitrogen and oxygen atoms in total. The number of carbonyl (C=O) groups is 1. The highest BCUT2D eigenvalue weighted by Crippen LogP contribution is 2.28. The van der Waals surface area contributed by atoms with Crippen molar-refractivity contribution in [3.63, 3.8) is 0 Å². The van der Waals surface area contributed by atoms with Gasteiger partial charge in [0.1, 0.15) is 5.54 Å². The van der Waals surface area contributed by atoms with E-state index in [-0.39, 0.29) is 16.2 Å². The Hall–Kier alpha value is -1.40. The van der Waals surface area contributed by atoms with Gasteiger partial charge in [0, 0.05) is 0 Å². The Bertz CT molecular complexity index is 718. The molecule has 1 unspecified atom stereocenters. The fourth-order valence-electron chi connectivity index (χ4n) is 2.72. The van der Waals surface area contributed by atoms with Gasteiger partial charge in [0.05, 0.1) is 4.90 Å². The minimum absolute atomic E-state index is 0.118. The summed E-state index contributed by atoms with van der Waals surface area (Å²) in [6, 6.07) is 5.39. The zero-order valence-corrected chi connectivity index (χ0v) is 16.5. The van der Waals surface area contributed by atoms with Crippen LogP contribution in [0.25, 0.3) is 0 Å².